The molecule has 2 aliphatic heterocycles. The van der Waals surface area contributed by atoms with Crippen molar-refractivity contribution in [1.29, 1.82) is 0 Å². The number of rotatable bonds is 8. The Kier molecular flexibility index (Phi) is 16.7. The van der Waals surface area contributed by atoms with Crippen molar-refractivity contribution < 1.29 is 47.6 Å². The molecule has 2 aromatic carbocycles. The first kappa shape index (κ1) is 46.0. The predicted octanol–water partition coefficient (Wildman–Crippen LogP) is 6.81. The highest BCUT2D eigenvalue weighted by molar-refractivity contribution is 9.10. The van der Waals surface area contributed by atoms with Crippen LogP contribution in [-0.2, 0) is 38.0 Å². The van der Waals surface area contributed by atoms with Gasteiger partial charge in [0.25, 0.3) is 0 Å². The number of esters is 3. The van der Waals surface area contributed by atoms with Gasteiger partial charge in [-0.15, -0.1) is 0 Å². The van der Waals surface area contributed by atoms with Gasteiger partial charge in [0, 0.05) is 41.0 Å². The Morgan fingerprint density at radius 1 is 0.875 bits per heavy atom. The molecule has 0 bridgehead atoms. The highest BCUT2D eigenvalue weighted by Crippen LogP contribution is 2.39. The van der Waals surface area contributed by atoms with Crippen molar-refractivity contribution in [3.05, 3.63) is 68.6 Å². The van der Waals surface area contributed by atoms with E-state index < -0.39 is 65.7 Å². The zero-order valence-electron chi connectivity index (χ0n) is 34.2. The number of Topliss-reactive ketones (excluding diaryl/α,β-unsaturated/α-hetero) is 1. The van der Waals surface area contributed by atoms with E-state index >= 15 is 0 Å². The Labute approximate surface area is 348 Å². The van der Waals surface area contributed by atoms with Crippen LogP contribution in [0.15, 0.2) is 57.5 Å². The Morgan fingerprint density at radius 3 is 1.96 bits per heavy atom. The van der Waals surface area contributed by atoms with Crippen LogP contribution in [-0.4, -0.2) is 124 Å². The number of methoxy groups -OCH3 is 1. The molecule has 2 saturated heterocycles. The van der Waals surface area contributed by atoms with E-state index in [4.69, 9.17) is 28.4 Å². The lowest BCUT2D eigenvalue weighted by atomic mass is 9.76. The van der Waals surface area contributed by atoms with Crippen LogP contribution in [0.4, 0.5) is 0 Å². The summed E-state index contributed by atoms with van der Waals surface area (Å²) in [5.74, 6) is -4.63. The molecule has 0 radical (unpaired) electrons. The van der Waals surface area contributed by atoms with Gasteiger partial charge in [-0.3, -0.25) is 9.59 Å². The summed E-state index contributed by atoms with van der Waals surface area (Å²) in [5.41, 5.74) is -0.490. The molecule has 2 aromatic rings. The SMILES string of the molecule is CO[C@]1(C)C[C@@H](C)[C@H](OC(=O)c2ccccc2Br)[C@H](C)CN(C)CCOC(=O)[C@H](C)C(=O)[C@H](C)[C@H]1O[C@@H]1O[C@H](C)C[C@H](N(C)C)[C@H]1OC(=O)c1ccccc1Br. The molecule has 0 amide bonds. The van der Waals surface area contributed by atoms with E-state index in [9.17, 15) is 19.2 Å². The summed E-state index contributed by atoms with van der Waals surface area (Å²) < 4.78 is 39.2. The summed E-state index contributed by atoms with van der Waals surface area (Å²) in [6.45, 7) is 12.0. The molecule has 0 aromatic heterocycles. The Balaban J connectivity index is 1.79. The van der Waals surface area contributed by atoms with Crippen LogP contribution in [0.2, 0.25) is 0 Å². The lowest BCUT2D eigenvalue weighted by Crippen LogP contribution is -2.60. The van der Waals surface area contributed by atoms with Gasteiger partial charge in [-0.2, -0.15) is 0 Å². The Bertz CT molecular complexity index is 1680. The first-order valence-corrected chi connectivity index (χ1v) is 20.8. The maximum atomic E-state index is 14.3. The van der Waals surface area contributed by atoms with Gasteiger partial charge >= 0.3 is 17.9 Å². The lowest BCUT2D eigenvalue weighted by Gasteiger charge is -2.48. The van der Waals surface area contributed by atoms with E-state index in [0.29, 0.717) is 39.6 Å². The Hall–Kier alpha value is -2.72. The fourth-order valence-electron chi connectivity index (χ4n) is 7.97. The molecular weight excluding hydrogens is 852 g/mol. The third-order valence-electron chi connectivity index (χ3n) is 11.1. The lowest BCUT2D eigenvalue weighted by molar-refractivity contribution is -0.295. The number of ether oxygens (including phenoxy) is 6. The number of hydrogen-bond donors (Lipinski definition) is 0. The van der Waals surface area contributed by atoms with E-state index in [-0.39, 0.29) is 37.0 Å². The van der Waals surface area contributed by atoms with Crippen LogP contribution in [0.25, 0.3) is 0 Å². The molecule has 2 aliphatic rings. The third kappa shape index (κ3) is 11.3. The van der Waals surface area contributed by atoms with Gasteiger partial charge in [0.1, 0.15) is 18.6 Å². The van der Waals surface area contributed by atoms with E-state index in [1.807, 2.05) is 70.8 Å². The molecule has 0 saturated carbocycles. The topological polar surface area (TPSA) is 130 Å². The molecule has 0 aliphatic carbocycles. The number of ketones is 1. The summed E-state index contributed by atoms with van der Waals surface area (Å²) in [5, 5.41) is 0. The molecule has 310 valence electrons. The zero-order valence-corrected chi connectivity index (χ0v) is 37.3. The average Bonchev–Trinajstić information content (AvgIpc) is 3.15. The standard InChI is InChI=1S/C42H58Br2N2O10/c1-24-22-42(6,51-10)37(56-41-36(33(45(7)8)21-26(3)53-41)55-40(50)30-16-12-14-18-32(30)44)27(4)34(47)28(5)38(48)52-20-19-46(9)23-25(2)35(24)54-39(49)29-15-11-13-17-31(29)43/h11-18,24-28,33,35-37,41H,19-23H2,1-10H3/t24-,25-,26-,27+,28-,33+,35+,36-,37-,41+,42-/m1/s1. The number of carbonyl (C=O) groups is 4. The molecule has 11 atom stereocenters. The highest BCUT2D eigenvalue weighted by Gasteiger charge is 2.51. The second-order valence-electron chi connectivity index (χ2n) is 15.9. The van der Waals surface area contributed by atoms with Gasteiger partial charge < -0.3 is 38.2 Å². The van der Waals surface area contributed by atoms with Crippen molar-refractivity contribution in [2.75, 3.05) is 47.9 Å². The first-order chi connectivity index (χ1) is 26.4. The molecular formula is C42H58Br2N2O10. The minimum atomic E-state index is -1.23. The number of halogens is 2. The van der Waals surface area contributed by atoms with Crippen molar-refractivity contribution in [2.24, 2.45) is 23.7 Å². The van der Waals surface area contributed by atoms with Gasteiger partial charge in [-0.1, -0.05) is 45.0 Å². The molecule has 4 rings (SSSR count). The largest absolute Gasteiger partial charge is 0.464 e. The highest BCUT2D eigenvalue weighted by atomic mass is 79.9. The fourth-order valence-corrected chi connectivity index (χ4v) is 8.86. The minimum Gasteiger partial charge on any atom is -0.464 e. The van der Waals surface area contributed by atoms with E-state index in [2.05, 4.69) is 31.9 Å². The van der Waals surface area contributed by atoms with Crippen molar-refractivity contribution >= 4 is 55.6 Å². The molecule has 0 spiro atoms. The van der Waals surface area contributed by atoms with Crippen LogP contribution in [0.3, 0.4) is 0 Å². The number of likely N-dealkylation sites (N-methyl/N-ethyl adjacent to an activating group) is 2. The van der Waals surface area contributed by atoms with Crippen LogP contribution >= 0.6 is 31.9 Å². The van der Waals surface area contributed by atoms with Gasteiger partial charge in [0.15, 0.2) is 18.2 Å². The fraction of sp³-hybridized carbons (Fsp3) is 0.619. The number of cyclic esters (lactones) is 1. The number of hydrogen-bond acceptors (Lipinski definition) is 12. The second-order valence-corrected chi connectivity index (χ2v) is 17.6. The van der Waals surface area contributed by atoms with Crippen LogP contribution < -0.4 is 0 Å². The molecule has 2 heterocycles. The summed E-state index contributed by atoms with van der Waals surface area (Å²) in [6.07, 6.45) is -3.20. The van der Waals surface area contributed by atoms with Crippen LogP contribution in [0.1, 0.15) is 75.1 Å². The molecule has 2 fully saturated rings. The number of benzene rings is 2. The van der Waals surface area contributed by atoms with Gasteiger partial charge in [-0.05, 0) is 117 Å². The van der Waals surface area contributed by atoms with Gasteiger partial charge in [0.2, 0.25) is 0 Å². The second kappa shape index (κ2) is 20.3. The van der Waals surface area contributed by atoms with E-state index in [1.165, 1.54) is 6.92 Å². The molecule has 12 nitrogen and oxygen atoms in total. The molecule has 0 unspecified atom stereocenters. The summed E-state index contributed by atoms with van der Waals surface area (Å²) in [6, 6.07) is 13.8. The van der Waals surface area contributed by atoms with Crippen molar-refractivity contribution in [3.8, 4) is 0 Å². The Morgan fingerprint density at radius 2 is 1.43 bits per heavy atom. The number of nitrogens with zero attached hydrogens (tertiary/aromatic N) is 2. The van der Waals surface area contributed by atoms with Crippen LogP contribution in [0, 0.1) is 23.7 Å². The first-order valence-electron chi connectivity index (χ1n) is 19.2. The molecule has 0 N–H and O–H groups in total. The monoisotopic (exact) mass is 908 g/mol. The normalized spacial score (nSPS) is 32.9. The van der Waals surface area contributed by atoms with E-state index in [1.54, 1.807) is 50.4 Å². The van der Waals surface area contributed by atoms with Crippen molar-refractivity contribution in [2.45, 2.75) is 96.7 Å². The maximum Gasteiger partial charge on any atom is 0.339 e. The minimum absolute atomic E-state index is 0.0744. The van der Waals surface area contributed by atoms with Crippen LogP contribution in [0.5, 0.6) is 0 Å². The quantitative estimate of drug-likeness (QED) is 0.157. The molecule has 14 heteroatoms. The summed E-state index contributed by atoms with van der Waals surface area (Å²) in [4.78, 5) is 59.0. The van der Waals surface area contributed by atoms with Crippen molar-refractivity contribution in [1.82, 2.24) is 9.80 Å². The summed E-state index contributed by atoms with van der Waals surface area (Å²) in [7, 11) is 7.25. The predicted molar refractivity (Wildman–Crippen MR) is 218 cm³/mol. The summed E-state index contributed by atoms with van der Waals surface area (Å²) >= 11 is 6.95. The smallest absolute Gasteiger partial charge is 0.339 e. The molecule has 56 heavy (non-hydrogen) atoms. The average molecular weight is 911 g/mol. The number of carbonyl (C=O) groups excluding carboxylic acids is 4. The van der Waals surface area contributed by atoms with E-state index in [0.717, 1.165) is 0 Å². The zero-order chi connectivity index (χ0) is 41.5. The van der Waals surface area contributed by atoms with Gasteiger partial charge in [-0.25, -0.2) is 9.59 Å². The van der Waals surface area contributed by atoms with Crippen molar-refractivity contribution in [3.63, 3.8) is 0 Å². The maximum absolute atomic E-state index is 14.3. The third-order valence-corrected chi connectivity index (χ3v) is 12.5. The van der Waals surface area contributed by atoms with Gasteiger partial charge in [0.05, 0.1) is 35.0 Å².